The van der Waals surface area contributed by atoms with Gasteiger partial charge < -0.3 is 0 Å². The molecule has 0 aliphatic carbocycles. The van der Waals surface area contributed by atoms with Gasteiger partial charge in [0.05, 0.1) is 0 Å². The van der Waals surface area contributed by atoms with Crippen molar-refractivity contribution in [2.75, 3.05) is 0 Å². The summed E-state index contributed by atoms with van der Waals surface area (Å²) in [7, 11) is 0. The lowest BCUT2D eigenvalue weighted by Crippen LogP contribution is -2.14. The maximum absolute atomic E-state index is 13.5. The van der Waals surface area contributed by atoms with Crippen LogP contribution in [0, 0.1) is 5.82 Å². The summed E-state index contributed by atoms with van der Waals surface area (Å²) in [6.45, 7) is 8.27. The van der Waals surface area contributed by atoms with Crippen LogP contribution in [-0.4, -0.2) is 0 Å². The minimum absolute atomic E-state index is 0.0858. The Morgan fingerprint density at radius 3 is 2.36 bits per heavy atom. The van der Waals surface area contributed by atoms with Gasteiger partial charge in [-0.2, -0.15) is 0 Å². The second-order valence-electron chi connectivity index (χ2n) is 4.81. The molecule has 0 heterocycles. The van der Waals surface area contributed by atoms with Crippen molar-refractivity contribution in [1.29, 1.82) is 0 Å². The summed E-state index contributed by atoms with van der Waals surface area (Å²) >= 11 is 0. The Morgan fingerprint density at radius 2 is 1.86 bits per heavy atom. The lowest BCUT2D eigenvalue weighted by molar-refractivity contribution is 0.521. The smallest absolute Gasteiger partial charge is 0.126 e. The van der Waals surface area contributed by atoms with Crippen molar-refractivity contribution < 1.29 is 4.39 Å². The van der Waals surface area contributed by atoms with Crippen LogP contribution < -0.4 is 0 Å². The summed E-state index contributed by atoms with van der Waals surface area (Å²) in [5.74, 6) is -0.0858. The van der Waals surface area contributed by atoms with Crippen LogP contribution in [0.3, 0.4) is 0 Å². The van der Waals surface area contributed by atoms with Crippen molar-refractivity contribution in [3.8, 4) is 0 Å². The fourth-order valence-electron chi connectivity index (χ4n) is 1.59. The fraction of sp³-hybridized carbons (Fsp3) is 0.538. The van der Waals surface area contributed by atoms with Crippen molar-refractivity contribution in [2.24, 2.45) is 0 Å². The maximum Gasteiger partial charge on any atom is 0.126 e. The number of benzene rings is 1. The number of halogens is 1. The molecule has 0 saturated carbocycles. The normalized spacial score (nSPS) is 11.8. The zero-order valence-electron chi connectivity index (χ0n) is 9.52. The molecule has 1 aromatic rings. The molecular formula is C13H19F. The highest BCUT2D eigenvalue weighted by atomic mass is 19.1. The predicted molar refractivity (Wildman–Crippen MR) is 59.1 cm³/mol. The minimum Gasteiger partial charge on any atom is -0.207 e. The maximum atomic E-state index is 13.5. The lowest BCUT2D eigenvalue weighted by atomic mass is 9.85. The number of hydrogen-bond acceptors (Lipinski definition) is 0. The molecule has 0 fully saturated rings. The summed E-state index contributed by atoms with van der Waals surface area (Å²) in [6, 6.07) is 5.47. The molecule has 0 aromatic heterocycles. The Morgan fingerprint density at radius 1 is 1.21 bits per heavy atom. The summed E-state index contributed by atoms with van der Waals surface area (Å²) in [5.41, 5.74) is 1.95. The van der Waals surface area contributed by atoms with E-state index in [0.29, 0.717) is 0 Å². The van der Waals surface area contributed by atoms with E-state index in [1.807, 2.05) is 32.9 Å². The van der Waals surface area contributed by atoms with Crippen molar-refractivity contribution in [3.05, 3.63) is 35.1 Å². The zero-order valence-corrected chi connectivity index (χ0v) is 9.52. The molecule has 0 N–H and O–H groups in total. The Labute approximate surface area is 86.2 Å². The molecule has 78 valence electrons. The average molecular weight is 194 g/mol. The van der Waals surface area contributed by atoms with Crippen molar-refractivity contribution in [3.63, 3.8) is 0 Å². The van der Waals surface area contributed by atoms with Gasteiger partial charge in [0.1, 0.15) is 5.82 Å². The van der Waals surface area contributed by atoms with E-state index in [2.05, 4.69) is 6.92 Å². The van der Waals surface area contributed by atoms with Crippen LogP contribution in [0.2, 0.25) is 0 Å². The first-order chi connectivity index (χ1) is 6.45. The first kappa shape index (κ1) is 11.2. The van der Waals surface area contributed by atoms with E-state index in [1.54, 1.807) is 6.07 Å². The quantitative estimate of drug-likeness (QED) is 0.665. The molecule has 1 rings (SSSR count). The third-order valence-electron chi connectivity index (χ3n) is 2.38. The molecule has 0 radical (unpaired) electrons. The molecule has 0 saturated heterocycles. The highest BCUT2D eigenvalue weighted by Gasteiger charge is 2.18. The second kappa shape index (κ2) is 4.12. The molecule has 1 heteroatoms. The Kier molecular flexibility index (Phi) is 3.30. The molecule has 0 aliphatic rings. The van der Waals surface area contributed by atoms with Gasteiger partial charge in [-0.25, -0.2) is 4.39 Å². The molecule has 0 amide bonds. The van der Waals surface area contributed by atoms with Crippen molar-refractivity contribution in [2.45, 2.75) is 46.0 Å². The molecular weight excluding hydrogens is 175 g/mol. The first-order valence-electron chi connectivity index (χ1n) is 5.24. The van der Waals surface area contributed by atoms with E-state index in [-0.39, 0.29) is 11.2 Å². The number of rotatable bonds is 2. The molecule has 1 aromatic carbocycles. The van der Waals surface area contributed by atoms with E-state index in [1.165, 1.54) is 5.56 Å². The molecule has 0 spiro atoms. The van der Waals surface area contributed by atoms with E-state index in [0.717, 1.165) is 18.4 Å². The molecule has 0 unspecified atom stereocenters. The second-order valence-corrected chi connectivity index (χ2v) is 4.81. The number of aryl methyl sites for hydroxylation is 1. The van der Waals surface area contributed by atoms with E-state index in [4.69, 9.17) is 0 Å². The Bertz CT molecular complexity index is 308. The van der Waals surface area contributed by atoms with Gasteiger partial charge in [0.25, 0.3) is 0 Å². The Balaban J connectivity index is 3.09. The van der Waals surface area contributed by atoms with Gasteiger partial charge >= 0.3 is 0 Å². The molecule has 0 atom stereocenters. The highest BCUT2D eigenvalue weighted by molar-refractivity contribution is 5.30. The van der Waals surface area contributed by atoms with Crippen LogP contribution >= 0.6 is 0 Å². The summed E-state index contributed by atoms with van der Waals surface area (Å²) in [6.07, 6.45) is 2.14. The van der Waals surface area contributed by atoms with E-state index in [9.17, 15) is 4.39 Å². The third-order valence-corrected chi connectivity index (χ3v) is 2.38. The molecule has 0 aliphatic heterocycles. The average Bonchev–Trinajstić information content (AvgIpc) is 2.07. The van der Waals surface area contributed by atoms with Gasteiger partial charge in [-0.3, -0.25) is 0 Å². The molecule has 14 heavy (non-hydrogen) atoms. The van der Waals surface area contributed by atoms with Crippen LogP contribution in [0.5, 0.6) is 0 Å². The standard InChI is InChI=1S/C13H19F/c1-5-6-10-7-8-12(14)11(9-10)13(2,3)4/h7-9H,5-6H2,1-4H3. The Hall–Kier alpha value is -0.850. The molecule has 0 bridgehead atoms. The van der Waals surface area contributed by atoms with Gasteiger partial charge in [0.2, 0.25) is 0 Å². The van der Waals surface area contributed by atoms with Crippen molar-refractivity contribution in [1.82, 2.24) is 0 Å². The monoisotopic (exact) mass is 194 g/mol. The van der Waals surface area contributed by atoms with E-state index >= 15 is 0 Å². The first-order valence-corrected chi connectivity index (χ1v) is 5.24. The minimum atomic E-state index is -0.103. The molecule has 0 nitrogen and oxygen atoms in total. The van der Waals surface area contributed by atoms with Gasteiger partial charge in [0.15, 0.2) is 0 Å². The summed E-state index contributed by atoms with van der Waals surface area (Å²) in [5, 5.41) is 0. The topological polar surface area (TPSA) is 0 Å². The van der Waals surface area contributed by atoms with Crippen LogP contribution in [0.4, 0.5) is 4.39 Å². The van der Waals surface area contributed by atoms with Gasteiger partial charge in [-0.15, -0.1) is 0 Å². The SMILES string of the molecule is CCCc1ccc(F)c(C(C)(C)C)c1. The van der Waals surface area contributed by atoms with Crippen LogP contribution in [0.15, 0.2) is 18.2 Å². The van der Waals surface area contributed by atoms with Gasteiger partial charge in [-0.05, 0) is 29.0 Å². The lowest BCUT2D eigenvalue weighted by Gasteiger charge is -2.20. The third kappa shape index (κ3) is 2.57. The fourth-order valence-corrected chi connectivity index (χ4v) is 1.59. The number of hydrogen-bond donors (Lipinski definition) is 0. The predicted octanol–water partition coefficient (Wildman–Crippen LogP) is 4.08. The summed E-state index contributed by atoms with van der Waals surface area (Å²) in [4.78, 5) is 0. The zero-order chi connectivity index (χ0) is 10.8. The van der Waals surface area contributed by atoms with E-state index < -0.39 is 0 Å². The largest absolute Gasteiger partial charge is 0.207 e. The van der Waals surface area contributed by atoms with Crippen molar-refractivity contribution >= 4 is 0 Å². The highest BCUT2D eigenvalue weighted by Crippen LogP contribution is 2.26. The van der Waals surface area contributed by atoms with Gasteiger partial charge in [-0.1, -0.05) is 46.2 Å². The van der Waals surface area contributed by atoms with Gasteiger partial charge in [0, 0.05) is 0 Å². The van der Waals surface area contributed by atoms with Crippen LogP contribution in [-0.2, 0) is 11.8 Å². The van der Waals surface area contributed by atoms with Crippen LogP contribution in [0.1, 0.15) is 45.2 Å². The van der Waals surface area contributed by atoms with Crippen LogP contribution in [0.25, 0.3) is 0 Å². The summed E-state index contributed by atoms with van der Waals surface area (Å²) < 4.78 is 13.5.